The van der Waals surface area contributed by atoms with Crippen LogP contribution in [0.1, 0.15) is 46.1 Å². The SMILES string of the molecule is CSc1ccc(OP(=O)(Oc2ccc(SC)cc2)[C@H](NC(=O)[C@@H]2CCCN2C(=O)[C@@H](NC(=O)Cn2cc(C)c(=O)n(CC(=O)O)c2=O)C(C)C)C(C)C)cc1. The van der Waals surface area contributed by atoms with Crippen LogP contribution in [0.25, 0.3) is 0 Å². The second-order valence-corrected chi connectivity index (χ2v) is 17.5. The molecule has 0 spiro atoms. The van der Waals surface area contributed by atoms with Crippen LogP contribution in [0, 0.1) is 18.8 Å². The van der Waals surface area contributed by atoms with Gasteiger partial charge in [0.2, 0.25) is 17.7 Å². The molecule has 1 saturated heterocycles. The fourth-order valence-electron chi connectivity index (χ4n) is 6.11. The standard InChI is InChI=1S/C37H48N5O10PS2/c1-22(2)32(38-30(43)20-40-19-24(5)35(47)42(37(40)49)21-31(44)45)36(48)41-18-8-9-29(41)33(46)39-34(23(3)4)53(50,51-25-10-14-27(54-6)15-11-25)52-26-12-16-28(55-7)17-13-26/h10-17,19,22-23,29,32,34H,8-9,18,20-21H2,1-7H3,(H,38,43)(H,39,46)(H,44,45)/t29-,32-,34-/m0/s1. The predicted molar refractivity (Wildman–Crippen MR) is 211 cm³/mol. The van der Waals surface area contributed by atoms with E-state index < -0.39 is 85.3 Å². The lowest BCUT2D eigenvalue weighted by molar-refractivity contribution is -0.142. The van der Waals surface area contributed by atoms with Crippen molar-refractivity contribution < 1.29 is 37.9 Å². The number of carbonyl (C=O) groups excluding carboxylic acids is 3. The monoisotopic (exact) mass is 817 g/mol. The molecular formula is C37H48N5O10PS2. The van der Waals surface area contributed by atoms with Crippen molar-refractivity contribution in [2.24, 2.45) is 11.8 Å². The number of carboxylic acid groups (broad SMARTS) is 1. The summed E-state index contributed by atoms with van der Waals surface area (Å²) in [6, 6.07) is 11.9. The van der Waals surface area contributed by atoms with Gasteiger partial charge in [0, 0.05) is 28.1 Å². The summed E-state index contributed by atoms with van der Waals surface area (Å²) < 4.78 is 28.6. The maximum atomic E-state index is 14.9. The van der Waals surface area contributed by atoms with Crippen LogP contribution in [0.15, 0.2) is 74.1 Å². The van der Waals surface area contributed by atoms with Gasteiger partial charge in [0.25, 0.3) is 5.56 Å². The van der Waals surface area contributed by atoms with E-state index in [0.29, 0.717) is 17.4 Å². The number of benzene rings is 2. The Kier molecular flexibility index (Phi) is 14.9. The molecule has 18 heteroatoms. The van der Waals surface area contributed by atoms with Gasteiger partial charge in [0.15, 0.2) is 5.78 Å². The molecular weight excluding hydrogens is 770 g/mol. The Morgan fingerprint density at radius 1 is 0.873 bits per heavy atom. The molecule has 0 saturated carbocycles. The van der Waals surface area contributed by atoms with Crippen LogP contribution in [0.5, 0.6) is 11.5 Å². The summed E-state index contributed by atoms with van der Waals surface area (Å²) in [6.07, 6.45) is 5.81. The fourth-order valence-corrected chi connectivity index (χ4v) is 9.04. The minimum absolute atomic E-state index is 0.0538. The first-order valence-electron chi connectivity index (χ1n) is 17.7. The number of aryl methyl sites for hydroxylation is 1. The van der Waals surface area contributed by atoms with Crippen molar-refractivity contribution in [2.75, 3.05) is 19.1 Å². The number of nitrogens with zero attached hydrogens (tertiary/aromatic N) is 3. The van der Waals surface area contributed by atoms with Gasteiger partial charge >= 0.3 is 19.3 Å². The fraction of sp³-hybridized carbons (Fsp3) is 0.459. The number of aromatic nitrogens is 2. The summed E-state index contributed by atoms with van der Waals surface area (Å²) in [5, 5.41) is 14.7. The molecule has 3 amide bonds. The number of hydrogen-bond donors (Lipinski definition) is 3. The van der Waals surface area contributed by atoms with E-state index in [0.717, 1.165) is 20.6 Å². The second kappa shape index (κ2) is 18.9. The zero-order chi connectivity index (χ0) is 40.6. The third-order valence-electron chi connectivity index (χ3n) is 8.95. The predicted octanol–water partition coefficient (Wildman–Crippen LogP) is 4.43. The van der Waals surface area contributed by atoms with Gasteiger partial charge in [-0.25, -0.2) is 13.9 Å². The summed E-state index contributed by atoms with van der Waals surface area (Å²) in [7, 11) is -4.21. The highest BCUT2D eigenvalue weighted by atomic mass is 32.2. The third kappa shape index (κ3) is 10.9. The Bertz CT molecular complexity index is 1980. The quantitative estimate of drug-likeness (QED) is 0.128. The Balaban J connectivity index is 1.57. The Hall–Kier alpha value is -4.47. The first-order chi connectivity index (χ1) is 26.0. The van der Waals surface area contributed by atoms with E-state index in [1.54, 1.807) is 52.0 Å². The van der Waals surface area contributed by atoms with Crippen molar-refractivity contribution in [3.05, 3.63) is 81.1 Å². The molecule has 298 valence electrons. The summed E-state index contributed by atoms with van der Waals surface area (Å²) in [4.78, 5) is 81.3. The average molecular weight is 818 g/mol. The van der Waals surface area contributed by atoms with E-state index in [-0.39, 0.29) is 23.6 Å². The molecule has 1 aliphatic heterocycles. The number of thioether (sulfide) groups is 2. The van der Waals surface area contributed by atoms with E-state index in [1.807, 2.05) is 36.8 Å². The minimum Gasteiger partial charge on any atom is -0.480 e. The van der Waals surface area contributed by atoms with Gasteiger partial charge in [-0.2, -0.15) is 0 Å². The van der Waals surface area contributed by atoms with Crippen LogP contribution in [-0.2, 0) is 36.8 Å². The van der Waals surface area contributed by atoms with Crippen LogP contribution < -0.4 is 30.9 Å². The highest BCUT2D eigenvalue weighted by molar-refractivity contribution is 7.98. The number of carboxylic acids is 1. The molecule has 15 nitrogen and oxygen atoms in total. The number of amides is 3. The van der Waals surface area contributed by atoms with Gasteiger partial charge in [-0.05, 0) is 92.6 Å². The highest BCUT2D eigenvalue weighted by Gasteiger charge is 2.46. The maximum absolute atomic E-state index is 14.9. The van der Waals surface area contributed by atoms with E-state index in [9.17, 15) is 33.3 Å². The van der Waals surface area contributed by atoms with Gasteiger partial charge in [0.1, 0.15) is 36.7 Å². The first-order valence-corrected chi connectivity index (χ1v) is 21.7. The van der Waals surface area contributed by atoms with Crippen molar-refractivity contribution >= 4 is 54.8 Å². The Labute approximate surface area is 328 Å². The van der Waals surface area contributed by atoms with Crippen molar-refractivity contribution in [2.45, 2.75) is 88.2 Å². The molecule has 3 N–H and O–H groups in total. The number of nitrogens with one attached hydrogen (secondary N) is 2. The van der Waals surface area contributed by atoms with Crippen molar-refractivity contribution in [3.8, 4) is 11.5 Å². The zero-order valence-corrected chi connectivity index (χ0v) is 34.4. The summed E-state index contributed by atoms with van der Waals surface area (Å²) >= 11 is 3.07. The number of carbonyl (C=O) groups is 4. The van der Waals surface area contributed by atoms with E-state index in [2.05, 4.69) is 10.6 Å². The lowest BCUT2D eigenvalue weighted by Gasteiger charge is -2.34. The second-order valence-electron chi connectivity index (χ2n) is 13.8. The normalized spacial score (nSPS) is 15.4. The van der Waals surface area contributed by atoms with Gasteiger partial charge in [-0.3, -0.25) is 28.5 Å². The van der Waals surface area contributed by atoms with E-state index in [1.165, 1.54) is 35.3 Å². The average Bonchev–Trinajstić information content (AvgIpc) is 3.64. The number of aliphatic carboxylic acids is 1. The van der Waals surface area contributed by atoms with Crippen molar-refractivity contribution in [1.29, 1.82) is 0 Å². The Morgan fingerprint density at radius 2 is 1.42 bits per heavy atom. The van der Waals surface area contributed by atoms with E-state index in [4.69, 9.17) is 14.2 Å². The third-order valence-corrected chi connectivity index (χ3v) is 12.8. The molecule has 0 radical (unpaired) electrons. The van der Waals surface area contributed by atoms with Gasteiger partial charge in [-0.1, -0.05) is 27.7 Å². The van der Waals surface area contributed by atoms with Crippen molar-refractivity contribution in [3.63, 3.8) is 0 Å². The van der Waals surface area contributed by atoms with Gasteiger partial charge in [0.05, 0.1) is 0 Å². The molecule has 0 aliphatic carbocycles. The van der Waals surface area contributed by atoms with Crippen LogP contribution in [-0.4, -0.2) is 79.8 Å². The molecule has 55 heavy (non-hydrogen) atoms. The van der Waals surface area contributed by atoms with Crippen LogP contribution in [0.4, 0.5) is 0 Å². The summed E-state index contributed by atoms with van der Waals surface area (Å²) in [5.74, 6) is -4.69. The molecule has 1 aromatic heterocycles. The molecule has 2 aromatic carbocycles. The molecule has 0 bridgehead atoms. The van der Waals surface area contributed by atoms with Crippen LogP contribution >= 0.6 is 31.1 Å². The number of likely N-dealkylation sites (tertiary alicyclic amines) is 1. The smallest absolute Gasteiger partial charge is 0.453 e. The number of hydrogen-bond acceptors (Lipinski definition) is 11. The maximum Gasteiger partial charge on any atom is 0.453 e. The van der Waals surface area contributed by atoms with Gasteiger partial charge < -0.3 is 29.7 Å². The minimum atomic E-state index is -4.21. The molecule has 3 aromatic rings. The lowest BCUT2D eigenvalue weighted by Crippen LogP contribution is -2.57. The lowest BCUT2D eigenvalue weighted by atomic mass is 10.0. The molecule has 1 aliphatic rings. The molecule has 2 heterocycles. The van der Waals surface area contributed by atoms with Crippen molar-refractivity contribution in [1.82, 2.24) is 24.7 Å². The molecule has 0 unspecified atom stereocenters. The molecule has 4 rings (SSSR count). The van der Waals surface area contributed by atoms with Crippen LogP contribution in [0.3, 0.4) is 0 Å². The van der Waals surface area contributed by atoms with Gasteiger partial charge in [-0.15, -0.1) is 23.5 Å². The number of rotatable bonds is 17. The molecule has 1 fully saturated rings. The largest absolute Gasteiger partial charge is 0.480 e. The zero-order valence-electron chi connectivity index (χ0n) is 31.8. The van der Waals surface area contributed by atoms with E-state index >= 15 is 0 Å². The Morgan fingerprint density at radius 3 is 1.89 bits per heavy atom. The first kappa shape index (κ1) is 43.3. The highest BCUT2D eigenvalue weighted by Crippen LogP contribution is 2.54. The summed E-state index contributed by atoms with van der Waals surface area (Å²) in [5.41, 5.74) is -1.73. The summed E-state index contributed by atoms with van der Waals surface area (Å²) in [6.45, 7) is 7.12. The molecule has 3 atom stereocenters. The van der Waals surface area contributed by atoms with Crippen LogP contribution in [0.2, 0.25) is 0 Å². The topological polar surface area (TPSA) is 195 Å².